The van der Waals surface area contributed by atoms with Gasteiger partial charge in [0.05, 0.1) is 6.54 Å². The van der Waals surface area contributed by atoms with E-state index in [1.807, 2.05) is 12.1 Å². The van der Waals surface area contributed by atoms with Gasteiger partial charge < -0.3 is 16.0 Å². The molecule has 3 aromatic heterocycles. The highest BCUT2D eigenvalue weighted by Gasteiger charge is 2.42. The van der Waals surface area contributed by atoms with E-state index in [9.17, 15) is 4.79 Å². The second-order valence-electron chi connectivity index (χ2n) is 9.12. The summed E-state index contributed by atoms with van der Waals surface area (Å²) < 4.78 is 3.18. The molecule has 0 spiro atoms. The fourth-order valence-corrected chi connectivity index (χ4v) is 5.06. The first-order valence-corrected chi connectivity index (χ1v) is 11.7. The molecule has 1 aromatic carbocycles. The van der Waals surface area contributed by atoms with Gasteiger partial charge in [-0.3, -0.25) is 9.69 Å². The standard InChI is InChI=1S/C25H27N9O/c1-3-11-33-24(35)20-13-27-25(30-23(20)34(33)22-6-4-5-21(26)29-22)28-16-7-9-17(10-8-16)32-14-18-12-19(15-32)31(18)2/h3-10,13,18-19H,1,11-12,14-15H2,2H3,(H2,26,29)(H,27,28,30). The highest BCUT2D eigenvalue weighted by atomic mass is 16.1. The topological polar surface area (TPSA) is 110 Å². The lowest BCUT2D eigenvalue weighted by molar-refractivity contribution is 0.0264. The van der Waals surface area contributed by atoms with Crippen LogP contribution in [0.25, 0.3) is 16.9 Å². The Balaban J connectivity index is 1.31. The van der Waals surface area contributed by atoms with Crippen molar-refractivity contribution in [1.29, 1.82) is 0 Å². The van der Waals surface area contributed by atoms with Gasteiger partial charge in [-0.2, -0.15) is 4.98 Å². The molecule has 4 aromatic rings. The average molecular weight is 470 g/mol. The van der Waals surface area contributed by atoms with Gasteiger partial charge in [-0.25, -0.2) is 19.3 Å². The third-order valence-electron chi connectivity index (χ3n) is 7.00. The van der Waals surface area contributed by atoms with Crippen molar-refractivity contribution in [3.8, 4) is 5.82 Å². The molecule has 0 saturated carbocycles. The van der Waals surface area contributed by atoms with E-state index in [1.165, 1.54) is 16.8 Å². The monoisotopic (exact) mass is 469 g/mol. The number of nitrogens with zero attached hydrogens (tertiary/aromatic N) is 7. The van der Waals surface area contributed by atoms with Crippen LogP contribution in [0.2, 0.25) is 0 Å². The highest BCUT2D eigenvalue weighted by Crippen LogP contribution is 2.33. The van der Waals surface area contributed by atoms with Crippen molar-refractivity contribution in [2.75, 3.05) is 36.1 Å². The SMILES string of the molecule is C=CCn1c(=O)c2cnc(Nc3ccc(N4CC5CC(C4)N5C)cc3)nc2n1-c1cccc(N)n1. The summed E-state index contributed by atoms with van der Waals surface area (Å²) in [6.07, 6.45) is 4.50. The maximum atomic E-state index is 13.0. The fraction of sp³-hybridized carbons (Fsp3) is 0.280. The summed E-state index contributed by atoms with van der Waals surface area (Å²) in [5.74, 6) is 1.24. The number of nitrogens with one attached hydrogen (secondary N) is 1. The van der Waals surface area contributed by atoms with Gasteiger partial charge in [-0.15, -0.1) is 6.58 Å². The van der Waals surface area contributed by atoms with E-state index in [2.05, 4.69) is 55.8 Å². The van der Waals surface area contributed by atoms with E-state index >= 15 is 0 Å². The summed E-state index contributed by atoms with van der Waals surface area (Å²) in [5, 5.41) is 3.66. The van der Waals surface area contributed by atoms with E-state index in [1.54, 1.807) is 35.2 Å². The van der Waals surface area contributed by atoms with Crippen LogP contribution in [0.3, 0.4) is 0 Å². The zero-order valence-electron chi connectivity index (χ0n) is 19.5. The van der Waals surface area contributed by atoms with Crippen LogP contribution in [-0.2, 0) is 6.54 Å². The number of benzene rings is 1. The number of piperidine rings is 1. The number of rotatable bonds is 6. The maximum absolute atomic E-state index is 13.0. The Morgan fingerprint density at radius 2 is 1.91 bits per heavy atom. The number of anilines is 4. The zero-order valence-corrected chi connectivity index (χ0v) is 19.5. The van der Waals surface area contributed by atoms with Crippen LogP contribution in [0.5, 0.6) is 0 Å². The van der Waals surface area contributed by atoms with Crippen LogP contribution >= 0.6 is 0 Å². The van der Waals surface area contributed by atoms with Crippen molar-refractivity contribution in [3.05, 3.63) is 71.7 Å². The summed E-state index contributed by atoms with van der Waals surface area (Å²) in [4.78, 5) is 31.4. The first-order valence-electron chi connectivity index (χ1n) is 11.7. The minimum absolute atomic E-state index is 0.217. The third kappa shape index (κ3) is 3.62. The smallest absolute Gasteiger partial charge is 0.278 e. The van der Waals surface area contributed by atoms with E-state index < -0.39 is 0 Å². The van der Waals surface area contributed by atoms with Gasteiger partial charge in [0.2, 0.25) is 5.95 Å². The molecule has 7 rings (SSSR count). The van der Waals surface area contributed by atoms with Crippen molar-refractivity contribution in [1.82, 2.24) is 29.2 Å². The quantitative estimate of drug-likeness (QED) is 0.414. The number of hydrogen-bond acceptors (Lipinski definition) is 8. The van der Waals surface area contributed by atoms with Gasteiger partial charge in [-0.1, -0.05) is 12.1 Å². The van der Waals surface area contributed by atoms with Gasteiger partial charge in [0, 0.05) is 42.7 Å². The summed E-state index contributed by atoms with van der Waals surface area (Å²) >= 11 is 0. The van der Waals surface area contributed by atoms with Crippen molar-refractivity contribution in [2.24, 2.45) is 0 Å². The number of pyridine rings is 1. The molecule has 10 heteroatoms. The molecule has 10 nitrogen and oxygen atoms in total. The molecule has 3 aliphatic heterocycles. The normalized spacial score (nSPS) is 19.5. The molecule has 0 aliphatic carbocycles. The van der Waals surface area contributed by atoms with Crippen LogP contribution in [0.15, 0.2) is 66.1 Å². The number of allylic oxidation sites excluding steroid dienone is 1. The molecular weight excluding hydrogens is 442 g/mol. The minimum Gasteiger partial charge on any atom is -0.384 e. The van der Waals surface area contributed by atoms with Crippen molar-refractivity contribution in [2.45, 2.75) is 25.0 Å². The molecule has 3 saturated heterocycles. The number of likely N-dealkylation sites (N-methyl/N-ethyl adjacent to an activating group) is 1. The van der Waals surface area contributed by atoms with E-state index in [-0.39, 0.29) is 5.56 Å². The Labute approximate surface area is 202 Å². The van der Waals surface area contributed by atoms with Crippen LogP contribution in [0.1, 0.15) is 6.42 Å². The third-order valence-corrected chi connectivity index (χ3v) is 7.00. The molecular formula is C25H27N9O. The predicted molar refractivity (Wildman–Crippen MR) is 137 cm³/mol. The number of nitrogens with two attached hydrogens (primary N) is 1. The Bertz CT molecular complexity index is 1460. The Kier molecular flexibility index (Phi) is 5.03. The molecule has 178 valence electrons. The fourth-order valence-electron chi connectivity index (χ4n) is 5.06. The Morgan fingerprint density at radius 3 is 2.60 bits per heavy atom. The molecule has 0 radical (unpaired) electrons. The van der Waals surface area contributed by atoms with E-state index in [0.717, 1.165) is 18.8 Å². The molecule has 6 heterocycles. The van der Waals surface area contributed by atoms with Crippen LogP contribution < -0.4 is 21.5 Å². The van der Waals surface area contributed by atoms with Gasteiger partial charge in [0.15, 0.2) is 11.5 Å². The molecule has 0 amide bonds. The van der Waals surface area contributed by atoms with Crippen molar-refractivity contribution < 1.29 is 0 Å². The first-order chi connectivity index (χ1) is 17.0. The average Bonchev–Trinajstić information content (AvgIpc) is 3.15. The number of piperazine rings is 1. The minimum atomic E-state index is -0.217. The summed E-state index contributed by atoms with van der Waals surface area (Å²) in [6, 6.07) is 14.9. The number of fused-ring (bicyclic) bond motifs is 3. The number of nitrogen functional groups attached to an aromatic ring is 1. The molecule has 35 heavy (non-hydrogen) atoms. The highest BCUT2D eigenvalue weighted by molar-refractivity contribution is 5.77. The van der Waals surface area contributed by atoms with Crippen LogP contribution in [0, 0.1) is 0 Å². The zero-order chi connectivity index (χ0) is 24.1. The van der Waals surface area contributed by atoms with Crippen molar-refractivity contribution in [3.63, 3.8) is 0 Å². The summed E-state index contributed by atoms with van der Waals surface area (Å²) in [6.45, 7) is 6.20. The Hall–Kier alpha value is -4.18. The molecule has 3 N–H and O–H groups in total. The summed E-state index contributed by atoms with van der Waals surface area (Å²) in [7, 11) is 2.22. The Morgan fingerprint density at radius 1 is 1.14 bits per heavy atom. The molecule has 3 aliphatic rings. The molecule has 2 unspecified atom stereocenters. The van der Waals surface area contributed by atoms with Crippen LogP contribution in [0.4, 0.5) is 23.1 Å². The molecule has 2 bridgehead atoms. The number of aromatic nitrogens is 5. The van der Waals surface area contributed by atoms with Gasteiger partial charge in [-0.05, 0) is 49.9 Å². The number of hydrogen-bond donors (Lipinski definition) is 2. The lowest BCUT2D eigenvalue weighted by atomic mass is 9.88. The lowest BCUT2D eigenvalue weighted by Gasteiger charge is -2.55. The summed E-state index contributed by atoms with van der Waals surface area (Å²) in [5.41, 5.74) is 8.22. The predicted octanol–water partition coefficient (Wildman–Crippen LogP) is 2.38. The second-order valence-corrected chi connectivity index (χ2v) is 9.12. The first kappa shape index (κ1) is 21.4. The molecule has 3 fully saturated rings. The van der Waals surface area contributed by atoms with Gasteiger partial charge >= 0.3 is 0 Å². The second kappa shape index (κ2) is 8.24. The largest absolute Gasteiger partial charge is 0.384 e. The lowest BCUT2D eigenvalue weighted by Crippen LogP contribution is -2.67. The van der Waals surface area contributed by atoms with Crippen LogP contribution in [-0.4, -0.2) is 61.4 Å². The van der Waals surface area contributed by atoms with E-state index in [0.29, 0.717) is 47.2 Å². The van der Waals surface area contributed by atoms with Gasteiger partial charge in [0.25, 0.3) is 5.56 Å². The molecule has 2 atom stereocenters. The van der Waals surface area contributed by atoms with Gasteiger partial charge in [0.1, 0.15) is 11.2 Å². The van der Waals surface area contributed by atoms with Crippen molar-refractivity contribution >= 4 is 34.2 Å². The maximum Gasteiger partial charge on any atom is 0.278 e. The van der Waals surface area contributed by atoms with E-state index in [4.69, 9.17) is 5.73 Å².